The molecule has 0 bridgehead atoms. The number of thiophene rings is 1. The van der Waals surface area contributed by atoms with E-state index in [0.717, 1.165) is 18.5 Å². The van der Waals surface area contributed by atoms with Gasteiger partial charge in [-0.15, -0.1) is 11.3 Å². The number of aryl methyl sites for hydroxylation is 3. The molecule has 0 aliphatic heterocycles. The quantitative estimate of drug-likeness (QED) is 0.733. The average Bonchev–Trinajstić information content (AvgIpc) is 2.89. The molecule has 3 heteroatoms. The first kappa shape index (κ1) is 10.8. The molecule has 0 unspecified atom stereocenters. The second-order valence-corrected chi connectivity index (χ2v) is 6.63. The van der Waals surface area contributed by atoms with Gasteiger partial charge >= 0.3 is 0 Å². The first-order valence-electron chi connectivity index (χ1n) is 7.06. The third kappa shape index (κ3) is 1.43. The monoisotopic (exact) mass is 258 g/mol. The Labute approximate surface area is 111 Å². The molecule has 0 fully saturated rings. The SMILES string of the molecule is Nc1c2c(nc3sc4c(c13)CCCCC4)CCC2. The highest BCUT2D eigenvalue weighted by molar-refractivity contribution is 7.19. The Kier molecular flexibility index (Phi) is 2.37. The molecule has 2 nitrogen and oxygen atoms in total. The average molecular weight is 258 g/mol. The molecular formula is C15H18N2S. The van der Waals surface area contributed by atoms with Gasteiger partial charge in [0.25, 0.3) is 0 Å². The molecule has 0 aromatic carbocycles. The minimum Gasteiger partial charge on any atom is -0.398 e. The van der Waals surface area contributed by atoms with Crippen LogP contribution in [0.3, 0.4) is 0 Å². The van der Waals surface area contributed by atoms with Gasteiger partial charge in [0.05, 0.1) is 0 Å². The Morgan fingerprint density at radius 3 is 2.67 bits per heavy atom. The van der Waals surface area contributed by atoms with Crippen molar-refractivity contribution in [3.8, 4) is 0 Å². The molecule has 0 spiro atoms. The van der Waals surface area contributed by atoms with Crippen molar-refractivity contribution in [1.29, 1.82) is 0 Å². The zero-order valence-corrected chi connectivity index (χ0v) is 11.4. The van der Waals surface area contributed by atoms with Gasteiger partial charge in [0.15, 0.2) is 0 Å². The van der Waals surface area contributed by atoms with Gasteiger partial charge < -0.3 is 5.73 Å². The Morgan fingerprint density at radius 2 is 1.72 bits per heavy atom. The predicted octanol–water partition coefficient (Wildman–Crippen LogP) is 3.64. The summed E-state index contributed by atoms with van der Waals surface area (Å²) in [5, 5.41) is 1.32. The summed E-state index contributed by atoms with van der Waals surface area (Å²) in [6, 6.07) is 0. The Bertz CT molecular complexity index is 627. The van der Waals surface area contributed by atoms with Crippen LogP contribution in [-0.4, -0.2) is 4.98 Å². The molecule has 0 atom stereocenters. The summed E-state index contributed by atoms with van der Waals surface area (Å²) in [6.45, 7) is 0. The van der Waals surface area contributed by atoms with E-state index in [-0.39, 0.29) is 0 Å². The van der Waals surface area contributed by atoms with E-state index in [9.17, 15) is 0 Å². The molecule has 0 amide bonds. The van der Waals surface area contributed by atoms with Crippen molar-refractivity contribution in [2.45, 2.75) is 51.4 Å². The Balaban J connectivity index is 2.02. The molecule has 0 saturated carbocycles. The highest BCUT2D eigenvalue weighted by Gasteiger charge is 2.23. The number of pyridine rings is 1. The summed E-state index contributed by atoms with van der Waals surface area (Å²) in [5.41, 5.74) is 11.7. The number of aromatic nitrogens is 1. The van der Waals surface area contributed by atoms with Crippen LogP contribution in [0.5, 0.6) is 0 Å². The predicted molar refractivity (Wildman–Crippen MR) is 77.3 cm³/mol. The normalized spacial score (nSPS) is 18.7. The number of rotatable bonds is 0. The van der Waals surface area contributed by atoms with Crippen molar-refractivity contribution in [2.75, 3.05) is 5.73 Å². The van der Waals surface area contributed by atoms with Crippen LogP contribution in [0.4, 0.5) is 5.69 Å². The minimum absolute atomic E-state index is 1.06. The molecule has 94 valence electrons. The summed E-state index contributed by atoms with van der Waals surface area (Å²) >= 11 is 1.90. The number of nitrogens with two attached hydrogens (primary N) is 1. The highest BCUT2D eigenvalue weighted by Crippen LogP contribution is 2.41. The Hall–Kier alpha value is -1.09. The van der Waals surface area contributed by atoms with Gasteiger partial charge in [0, 0.05) is 21.6 Å². The second-order valence-electron chi connectivity index (χ2n) is 5.55. The van der Waals surface area contributed by atoms with Gasteiger partial charge in [-0.05, 0) is 56.1 Å². The van der Waals surface area contributed by atoms with E-state index >= 15 is 0 Å². The van der Waals surface area contributed by atoms with Gasteiger partial charge in [-0.3, -0.25) is 0 Å². The van der Waals surface area contributed by atoms with Crippen LogP contribution in [0.1, 0.15) is 47.4 Å². The molecule has 18 heavy (non-hydrogen) atoms. The number of nitrogen functional groups attached to an aromatic ring is 1. The maximum absolute atomic E-state index is 6.46. The smallest absolute Gasteiger partial charge is 0.126 e. The third-order valence-corrected chi connectivity index (χ3v) is 5.61. The van der Waals surface area contributed by atoms with Gasteiger partial charge in [-0.1, -0.05) is 6.42 Å². The molecule has 2 aliphatic rings. The van der Waals surface area contributed by atoms with Crippen molar-refractivity contribution >= 4 is 27.2 Å². The summed E-state index contributed by atoms with van der Waals surface area (Å²) in [4.78, 5) is 7.66. The van der Waals surface area contributed by atoms with Crippen LogP contribution in [0.2, 0.25) is 0 Å². The van der Waals surface area contributed by atoms with Crippen molar-refractivity contribution in [3.63, 3.8) is 0 Å². The lowest BCUT2D eigenvalue weighted by Gasteiger charge is -2.07. The van der Waals surface area contributed by atoms with E-state index in [4.69, 9.17) is 10.7 Å². The van der Waals surface area contributed by atoms with Crippen molar-refractivity contribution in [2.24, 2.45) is 0 Å². The van der Waals surface area contributed by atoms with Gasteiger partial charge in [0.1, 0.15) is 4.83 Å². The number of hydrogen-bond donors (Lipinski definition) is 1. The number of anilines is 1. The number of hydrogen-bond acceptors (Lipinski definition) is 3. The molecular weight excluding hydrogens is 240 g/mol. The van der Waals surface area contributed by atoms with Crippen LogP contribution < -0.4 is 5.73 Å². The summed E-state index contributed by atoms with van der Waals surface area (Å²) in [6.07, 6.45) is 9.94. The Morgan fingerprint density at radius 1 is 0.889 bits per heavy atom. The fourth-order valence-corrected chi connectivity index (χ4v) is 4.80. The van der Waals surface area contributed by atoms with E-state index < -0.39 is 0 Å². The van der Waals surface area contributed by atoms with Crippen LogP contribution in [0.15, 0.2) is 0 Å². The third-order valence-electron chi connectivity index (χ3n) is 4.42. The van der Waals surface area contributed by atoms with Gasteiger partial charge in [-0.25, -0.2) is 4.98 Å². The molecule has 0 saturated heterocycles. The molecule has 2 aromatic rings. The van der Waals surface area contributed by atoms with E-state index in [0.29, 0.717) is 0 Å². The van der Waals surface area contributed by atoms with E-state index in [1.54, 1.807) is 4.88 Å². The van der Waals surface area contributed by atoms with Crippen LogP contribution in [0, 0.1) is 0 Å². The lowest BCUT2D eigenvalue weighted by molar-refractivity contribution is 0.713. The largest absolute Gasteiger partial charge is 0.398 e. The van der Waals surface area contributed by atoms with Gasteiger partial charge in [0.2, 0.25) is 0 Å². The maximum Gasteiger partial charge on any atom is 0.126 e. The first-order valence-corrected chi connectivity index (χ1v) is 7.87. The van der Waals surface area contributed by atoms with E-state index in [2.05, 4.69) is 0 Å². The zero-order chi connectivity index (χ0) is 12.1. The van der Waals surface area contributed by atoms with Crippen LogP contribution in [-0.2, 0) is 25.7 Å². The van der Waals surface area contributed by atoms with Crippen molar-refractivity contribution in [3.05, 3.63) is 21.7 Å². The molecule has 2 aromatic heterocycles. The maximum atomic E-state index is 6.46. The zero-order valence-electron chi connectivity index (χ0n) is 10.6. The van der Waals surface area contributed by atoms with Gasteiger partial charge in [-0.2, -0.15) is 0 Å². The van der Waals surface area contributed by atoms with Crippen LogP contribution in [0.25, 0.3) is 10.2 Å². The highest BCUT2D eigenvalue weighted by atomic mass is 32.1. The second kappa shape index (κ2) is 3.95. The molecule has 2 heterocycles. The number of fused-ring (bicyclic) bond motifs is 4. The lowest BCUT2D eigenvalue weighted by atomic mass is 10.0. The molecule has 2 aliphatic carbocycles. The number of nitrogens with zero attached hydrogens (tertiary/aromatic N) is 1. The lowest BCUT2D eigenvalue weighted by Crippen LogP contribution is -1.98. The fourth-order valence-electron chi connectivity index (χ4n) is 3.50. The van der Waals surface area contributed by atoms with Crippen molar-refractivity contribution < 1.29 is 0 Å². The van der Waals surface area contributed by atoms with Crippen LogP contribution >= 0.6 is 11.3 Å². The van der Waals surface area contributed by atoms with E-state index in [1.807, 2.05) is 11.3 Å². The summed E-state index contributed by atoms with van der Waals surface area (Å²) < 4.78 is 0. The van der Waals surface area contributed by atoms with E-state index in [1.165, 1.54) is 65.6 Å². The fraction of sp³-hybridized carbons (Fsp3) is 0.533. The first-order chi connectivity index (χ1) is 8.84. The topological polar surface area (TPSA) is 38.9 Å². The summed E-state index contributed by atoms with van der Waals surface area (Å²) in [7, 11) is 0. The molecule has 4 rings (SSSR count). The molecule has 0 radical (unpaired) electrons. The van der Waals surface area contributed by atoms with Crippen molar-refractivity contribution in [1.82, 2.24) is 4.98 Å². The molecule has 2 N–H and O–H groups in total. The summed E-state index contributed by atoms with van der Waals surface area (Å²) in [5.74, 6) is 0. The minimum atomic E-state index is 1.06. The standard InChI is InChI=1S/C15H18N2S/c16-14-9-6-4-7-11(9)17-15-13(14)10-5-2-1-3-8-12(10)18-15/h1-8H2,(H2,16,17).